The van der Waals surface area contributed by atoms with E-state index in [0.717, 1.165) is 11.8 Å². The lowest BCUT2D eigenvalue weighted by molar-refractivity contribution is -0.385. The van der Waals surface area contributed by atoms with Crippen LogP contribution in [0.1, 0.15) is 6.92 Å². The van der Waals surface area contributed by atoms with Gasteiger partial charge in [-0.3, -0.25) is 10.1 Å². The number of rotatable bonds is 6. The molecule has 1 aromatic carbocycles. The van der Waals surface area contributed by atoms with Crippen LogP contribution in [0.2, 0.25) is 5.02 Å². The molecule has 0 bridgehead atoms. The van der Waals surface area contributed by atoms with Crippen LogP contribution >= 0.6 is 23.4 Å². The largest absolute Gasteiger partial charge is 0.465 e. The summed E-state index contributed by atoms with van der Waals surface area (Å²) in [6.07, 6.45) is 1.49. The van der Waals surface area contributed by atoms with Gasteiger partial charge in [0.25, 0.3) is 5.69 Å². The molecule has 0 fully saturated rings. The predicted molar refractivity (Wildman–Crippen MR) is 77.7 cm³/mol. The summed E-state index contributed by atoms with van der Waals surface area (Å²) in [4.78, 5) is 22.5. The number of nitrogens with one attached hydrogen (secondary N) is 1. The highest BCUT2D eigenvalue weighted by Crippen LogP contribution is 2.35. The highest BCUT2D eigenvalue weighted by atomic mass is 35.5. The number of esters is 1. The van der Waals surface area contributed by atoms with Gasteiger partial charge in [0.15, 0.2) is 0 Å². The van der Waals surface area contributed by atoms with E-state index in [-0.39, 0.29) is 10.6 Å². The fraction of sp³-hybridized carbons (Fsp3) is 0.250. The maximum absolute atomic E-state index is 11.6. The number of hydrogen-bond acceptors (Lipinski definition) is 6. The molecule has 8 heteroatoms. The third kappa shape index (κ3) is 4.43. The van der Waals surface area contributed by atoms with Gasteiger partial charge in [-0.05, 0) is 13.0 Å². The van der Waals surface area contributed by atoms with Gasteiger partial charge >= 0.3 is 5.97 Å². The average molecular weight is 317 g/mol. The van der Waals surface area contributed by atoms with E-state index in [4.69, 9.17) is 11.6 Å². The Morgan fingerprint density at radius 2 is 2.30 bits per heavy atom. The number of non-ortho nitro benzene ring substituents is 1. The third-order valence-corrected chi connectivity index (χ3v) is 3.67. The van der Waals surface area contributed by atoms with Crippen LogP contribution in [0.15, 0.2) is 34.2 Å². The summed E-state index contributed by atoms with van der Waals surface area (Å²) in [5.74, 6) is -0.543. The van der Waals surface area contributed by atoms with Gasteiger partial charge in [0.2, 0.25) is 0 Å². The van der Waals surface area contributed by atoms with Crippen molar-refractivity contribution in [3.05, 3.63) is 44.4 Å². The van der Waals surface area contributed by atoms with E-state index >= 15 is 0 Å². The fourth-order valence-electron chi connectivity index (χ4n) is 1.23. The molecule has 1 aromatic rings. The van der Waals surface area contributed by atoms with Crippen molar-refractivity contribution in [1.29, 1.82) is 0 Å². The number of benzene rings is 1. The average Bonchev–Trinajstić information content (AvgIpc) is 2.44. The molecule has 0 aliphatic carbocycles. The van der Waals surface area contributed by atoms with E-state index in [9.17, 15) is 14.9 Å². The number of methoxy groups -OCH3 is 1. The summed E-state index contributed by atoms with van der Waals surface area (Å²) in [7, 11) is 1.26. The standard InChI is InChI=1S/C12H13ClN2O4S/c1-3-14-7-11(12(16)19-2)20-10-6-8(15(17)18)4-5-9(10)13/h4-7,14H,3H2,1-2H3. The van der Waals surface area contributed by atoms with Crippen LogP contribution in [-0.4, -0.2) is 24.5 Å². The maximum atomic E-state index is 11.6. The zero-order chi connectivity index (χ0) is 15.1. The van der Waals surface area contributed by atoms with Crippen molar-refractivity contribution in [2.24, 2.45) is 0 Å². The molecule has 0 spiro atoms. The molecule has 0 aliphatic rings. The molecule has 0 amide bonds. The number of carbonyl (C=O) groups is 1. The molecule has 0 atom stereocenters. The van der Waals surface area contributed by atoms with Crippen molar-refractivity contribution in [2.75, 3.05) is 13.7 Å². The monoisotopic (exact) mass is 316 g/mol. The molecule has 0 radical (unpaired) electrons. The zero-order valence-electron chi connectivity index (χ0n) is 10.9. The third-order valence-electron chi connectivity index (χ3n) is 2.17. The molecule has 108 valence electrons. The normalized spacial score (nSPS) is 11.1. The Morgan fingerprint density at radius 1 is 1.60 bits per heavy atom. The molecular weight excluding hydrogens is 304 g/mol. The Balaban J connectivity index is 3.07. The molecule has 20 heavy (non-hydrogen) atoms. The smallest absolute Gasteiger partial charge is 0.346 e. The fourth-order valence-corrected chi connectivity index (χ4v) is 2.35. The van der Waals surface area contributed by atoms with Crippen molar-refractivity contribution in [1.82, 2.24) is 5.32 Å². The molecular formula is C12H13ClN2O4S. The quantitative estimate of drug-likeness (QED) is 0.286. The molecule has 6 nitrogen and oxygen atoms in total. The summed E-state index contributed by atoms with van der Waals surface area (Å²) in [6.45, 7) is 2.50. The summed E-state index contributed by atoms with van der Waals surface area (Å²) >= 11 is 6.99. The Morgan fingerprint density at radius 3 is 2.85 bits per heavy atom. The lowest BCUT2D eigenvalue weighted by Crippen LogP contribution is -2.09. The lowest BCUT2D eigenvalue weighted by atomic mass is 10.3. The molecule has 0 aliphatic heterocycles. The SMILES string of the molecule is CCNC=C(Sc1cc([N+](=O)[O-])ccc1Cl)C(=O)OC. The van der Waals surface area contributed by atoms with E-state index < -0.39 is 10.9 Å². The Hall–Kier alpha value is -1.73. The van der Waals surface area contributed by atoms with Gasteiger partial charge < -0.3 is 10.1 Å². The molecule has 1 N–H and O–H groups in total. The van der Waals surface area contributed by atoms with Crippen molar-refractivity contribution in [3.63, 3.8) is 0 Å². The second-order valence-electron chi connectivity index (χ2n) is 3.53. The van der Waals surface area contributed by atoms with E-state index in [2.05, 4.69) is 10.1 Å². The van der Waals surface area contributed by atoms with Crippen LogP contribution in [0, 0.1) is 10.1 Å². The summed E-state index contributed by atoms with van der Waals surface area (Å²) in [5, 5.41) is 14.0. The molecule has 0 aromatic heterocycles. The molecule has 0 saturated heterocycles. The predicted octanol–water partition coefficient (Wildman–Crippen LogP) is 2.96. The topological polar surface area (TPSA) is 81.5 Å². The number of hydrogen-bond donors (Lipinski definition) is 1. The highest BCUT2D eigenvalue weighted by molar-refractivity contribution is 8.04. The highest BCUT2D eigenvalue weighted by Gasteiger charge is 2.16. The second kappa shape index (κ2) is 7.76. The Bertz CT molecular complexity index is 548. The first-order valence-electron chi connectivity index (χ1n) is 5.63. The molecule has 0 heterocycles. The molecule has 0 unspecified atom stereocenters. The number of nitrogens with zero attached hydrogens (tertiary/aromatic N) is 1. The Labute approximate surface area is 125 Å². The number of carbonyl (C=O) groups excluding carboxylic acids is 1. The first kappa shape index (κ1) is 16.3. The van der Waals surface area contributed by atoms with Crippen LogP contribution in [0.4, 0.5) is 5.69 Å². The summed E-state index contributed by atoms with van der Waals surface area (Å²) < 4.78 is 4.65. The number of nitro groups is 1. The van der Waals surface area contributed by atoms with Crippen LogP contribution < -0.4 is 5.32 Å². The zero-order valence-corrected chi connectivity index (χ0v) is 12.5. The first-order valence-corrected chi connectivity index (χ1v) is 6.82. The van der Waals surface area contributed by atoms with Crippen LogP contribution in [0.3, 0.4) is 0 Å². The minimum atomic E-state index is -0.543. The number of ether oxygens (including phenoxy) is 1. The van der Waals surface area contributed by atoms with Gasteiger partial charge in [-0.25, -0.2) is 4.79 Å². The Kier molecular flexibility index (Phi) is 6.33. The summed E-state index contributed by atoms with van der Waals surface area (Å²) in [6, 6.07) is 4.04. The first-order chi connectivity index (χ1) is 9.49. The van der Waals surface area contributed by atoms with E-state index in [0.29, 0.717) is 16.5 Å². The molecule has 0 saturated carbocycles. The van der Waals surface area contributed by atoms with Gasteiger partial charge in [0, 0.05) is 29.8 Å². The minimum Gasteiger partial charge on any atom is -0.465 e. The van der Waals surface area contributed by atoms with Crippen LogP contribution in [0.25, 0.3) is 0 Å². The van der Waals surface area contributed by atoms with E-state index in [1.165, 1.54) is 31.5 Å². The summed E-state index contributed by atoms with van der Waals surface area (Å²) in [5.41, 5.74) is -0.0930. The number of thioether (sulfide) groups is 1. The molecule has 1 rings (SSSR count). The van der Waals surface area contributed by atoms with Crippen LogP contribution in [-0.2, 0) is 9.53 Å². The van der Waals surface area contributed by atoms with E-state index in [1.54, 1.807) is 0 Å². The van der Waals surface area contributed by atoms with Crippen LogP contribution in [0.5, 0.6) is 0 Å². The lowest BCUT2D eigenvalue weighted by Gasteiger charge is -2.07. The van der Waals surface area contributed by atoms with Gasteiger partial charge in [0.05, 0.1) is 17.1 Å². The van der Waals surface area contributed by atoms with Crippen molar-refractivity contribution >= 4 is 35.0 Å². The van der Waals surface area contributed by atoms with Crippen molar-refractivity contribution in [3.8, 4) is 0 Å². The van der Waals surface area contributed by atoms with Gasteiger partial charge in [-0.15, -0.1) is 0 Å². The number of halogens is 1. The number of nitro benzene ring substituents is 1. The van der Waals surface area contributed by atoms with Crippen molar-refractivity contribution in [2.45, 2.75) is 11.8 Å². The maximum Gasteiger partial charge on any atom is 0.346 e. The minimum absolute atomic E-state index is 0.0930. The van der Waals surface area contributed by atoms with Gasteiger partial charge in [-0.2, -0.15) is 0 Å². The van der Waals surface area contributed by atoms with Gasteiger partial charge in [0.1, 0.15) is 4.91 Å². The van der Waals surface area contributed by atoms with Crippen molar-refractivity contribution < 1.29 is 14.5 Å². The van der Waals surface area contributed by atoms with Gasteiger partial charge in [-0.1, -0.05) is 23.4 Å². The second-order valence-corrected chi connectivity index (χ2v) is 5.02. The van der Waals surface area contributed by atoms with E-state index in [1.807, 2.05) is 6.92 Å².